The summed E-state index contributed by atoms with van der Waals surface area (Å²) in [7, 11) is 0. The van der Waals surface area contributed by atoms with Gasteiger partial charge >= 0.3 is 0 Å². The lowest BCUT2D eigenvalue weighted by Gasteiger charge is -2.02. The second-order valence-electron chi connectivity index (χ2n) is 3.88. The second kappa shape index (κ2) is 4.47. The minimum atomic E-state index is -0.765. The van der Waals surface area contributed by atoms with Crippen LogP contribution in [-0.4, -0.2) is 4.98 Å². The Morgan fingerprint density at radius 2 is 1.95 bits per heavy atom. The van der Waals surface area contributed by atoms with Gasteiger partial charge in [0.1, 0.15) is 5.82 Å². The van der Waals surface area contributed by atoms with E-state index in [9.17, 15) is 8.78 Å². The van der Waals surface area contributed by atoms with Crippen LogP contribution < -0.4 is 10.5 Å². The van der Waals surface area contributed by atoms with Crippen LogP contribution in [0.4, 0.5) is 14.5 Å². The van der Waals surface area contributed by atoms with Gasteiger partial charge in [0.05, 0.1) is 10.2 Å². The normalized spacial score (nSPS) is 10.8. The van der Waals surface area contributed by atoms with Gasteiger partial charge in [0.25, 0.3) is 5.19 Å². The van der Waals surface area contributed by atoms with Crippen LogP contribution in [0.3, 0.4) is 0 Å². The van der Waals surface area contributed by atoms with Crippen molar-refractivity contribution >= 4 is 27.2 Å². The zero-order valence-electron chi connectivity index (χ0n) is 9.56. The molecule has 0 aliphatic heterocycles. The topological polar surface area (TPSA) is 48.1 Å². The van der Waals surface area contributed by atoms with Crippen molar-refractivity contribution in [3.8, 4) is 10.9 Å². The minimum absolute atomic E-state index is 0.0616. The van der Waals surface area contributed by atoms with Crippen LogP contribution >= 0.6 is 11.3 Å². The third-order valence-electron chi connectivity index (χ3n) is 2.48. The predicted molar refractivity (Wildman–Crippen MR) is 70.5 cm³/mol. The van der Waals surface area contributed by atoms with E-state index in [2.05, 4.69) is 4.98 Å². The molecule has 0 atom stereocenters. The molecule has 0 saturated carbocycles. The van der Waals surface area contributed by atoms with Crippen molar-refractivity contribution in [2.24, 2.45) is 0 Å². The van der Waals surface area contributed by atoms with Crippen LogP contribution in [0.2, 0.25) is 0 Å². The number of fused-ring (bicyclic) bond motifs is 1. The van der Waals surface area contributed by atoms with Crippen LogP contribution in [0.5, 0.6) is 10.9 Å². The Labute approximate surface area is 111 Å². The maximum atomic E-state index is 13.4. The fourth-order valence-corrected chi connectivity index (χ4v) is 2.49. The highest BCUT2D eigenvalue weighted by atomic mass is 32.1. The first-order valence-electron chi connectivity index (χ1n) is 5.41. The van der Waals surface area contributed by atoms with Crippen molar-refractivity contribution in [2.45, 2.75) is 0 Å². The summed E-state index contributed by atoms with van der Waals surface area (Å²) in [6, 6.07) is 8.37. The summed E-state index contributed by atoms with van der Waals surface area (Å²) >= 11 is 1.25. The first-order chi connectivity index (χ1) is 9.11. The van der Waals surface area contributed by atoms with E-state index in [1.165, 1.54) is 17.4 Å². The SMILES string of the molecule is Nc1ccc2nc(Oc3ccc(F)cc3F)sc2c1. The Bertz CT molecular complexity index is 757. The molecule has 0 radical (unpaired) electrons. The van der Waals surface area contributed by atoms with E-state index in [0.717, 1.165) is 22.3 Å². The molecule has 0 unspecified atom stereocenters. The van der Waals surface area contributed by atoms with Gasteiger partial charge in [0.2, 0.25) is 0 Å². The molecule has 2 aromatic carbocycles. The molecule has 1 aromatic heterocycles. The summed E-state index contributed by atoms with van der Waals surface area (Å²) < 4.78 is 32.4. The quantitative estimate of drug-likeness (QED) is 0.722. The lowest BCUT2D eigenvalue weighted by Crippen LogP contribution is -1.88. The first-order valence-corrected chi connectivity index (χ1v) is 6.22. The van der Waals surface area contributed by atoms with E-state index in [1.807, 2.05) is 0 Å². The van der Waals surface area contributed by atoms with Gasteiger partial charge in [-0.2, -0.15) is 0 Å². The van der Waals surface area contributed by atoms with Gasteiger partial charge in [-0.15, -0.1) is 0 Å². The van der Waals surface area contributed by atoms with E-state index in [0.29, 0.717) is 5.69 Å². The van der Waals surface area contributed by atoms with E-state index in [4.69, 9.17) is 10.5 Å². The Hall–Kier alpha value is -2.21. The molecular weight excluding hydrogens is 270 g/mol. The molecule has 2 N–H and O–H groups in total. The van der Waals surface area contributed by atoms with E-state index in [-0.39, 0.29) is 10.9 Å². The molecule has 3 aromatic rings. The zero-order chi connectivity index (χ0) is 13.4. The van der Waals surface area contributed by atoms with Crippen LogP contribution in [0, 0.1) is 11.6 Å². The van der Waals surface area contributed by atoms with Crippen molar-refractivity contribution in [3.05, 3.63) is 48.0 Å². The number of benzene rings is 2. The number of ether oxygens (including phenoxy) is 1. The number of rotatable bonds is 2. The number of halogens is 2. The van der Waals surface area contributed by atoms with Gasteiger partial charge in [-0.1, -0.05) is 11.3 Å². The molecule has 0 saturated heterocycles. The van der Waals surface area contributed by atoms with Crippen LogP contribution in [0.25, 0.3) is 10.2 Å². The molecular formula is C13H8F2N2OS. The molecule has 0 aliphatic rings. The highest BCUT2D eigenvalue weighted by molar-refractivity contribution is 7.20. The number of hydrogen-bond acceptors (Lipinski definition) is 4. The standard InChI is InChI=1S/C13H8F2N2OS/c14-7-1-4-11(9(15)5-7)18-13-17-10-3-2-8(16)6-12(10)19-13/h1-6H,16H2. The summed E-state index contributed by atoms with van der Waals surface area (Å²) in [5.41, 5.74) is 7.00. The highest BCUT2D eigenvalue weighted by Gasteiger charge is 2.10. The third-order valence-corrected chi connectivity index (χ3v) is 3.38. The van der Waals surface area contributed by atoms with E-state index >= 15 is 0 Å². The number of nitrogens with two attached hydrogens (primary N) is 1. The lowest BCUT2D eigenvalue weighted by molar-refractivity contribution is 0.436. The zero-order valence-corrected chi connectivity index (χ0v) is 10.4. The molecule has 6 heteroatoms. The molecule has 0 amide bonds. The van der Waals surface area contributed by atoms with Crippen LogP contribution in [-0.2, 0) is 0 Å². The van der Waals surface area contributed by atoms with E-state index in [1.54, 1.807) is 18.2 Å². The third kappa shape index (κ3) is 2.34. The summed E-state index contributed by atoms with van der Waals surface area (Å²) in [5, 5.41) is 0.283. The van der Waals surface area contributed by atoms with Gasteiger partial charge in [-0.25, -0.2) is 13.8 Å². The van der Waals surface area contributed by atoms with Crippen LogP contribution in [0.1, 0.15) is 0 Å². The first kappa shape index (κ1) is 11.9. The Morgan fingerprint density at radius 1 is 1.11 bits per heavy atom. The number of nitrogen functional groups attached to an aromatic ring is 1. The molecule has 0 spiro atoms. The average molecular weight is 278 g/mol. The second-order valence-corrected chi connectivity index (χ2v) is 4.88. The lowest BCUT2D eigenvalue weighted by atomic mass is 10.3. The Balaban J connectivity index is 1.96. The van der Waals surface area contributed by atoms with Gasteiger partial charge in [0, 0.05) is 11.8 Å². The van der Waals surface area contributed by atoms with Gasteiger partial charge in [0.15, 0.2) is 11.6 Å². The van der Waals surface area contributed by atoms with Gasteiger partial charge in [-0.3, -0.25) is 0 Å². The van der Waals surface area contributed by atoms with Crippen molar-refractivity contribution in [1.82, 2.24) is 4.98 Å². The maximum Gasteiger partial charge on any atom is 0.279 e. The van der Waals surface area contributed by atoms with Crippen LogP contribution in [0.15, 0.2) is 36.4 Å². The van der Waals surface area contributed by atoms with Crippen molar-refractivity contribution < 1.29 is 13.5 Å². The van der Waals surface area contributed by atoms with Crippen molar-refractivity contribution in [3.63, 3.8) is 0 Å². The smallest absolute Gasteiger partial charge is 0.279 e. The summed E-state index contributed by atoms with van der Waals surface area (Å²) in [6.07, 6.45) is 0. The van der Waals surface area contributed by atoms with Crippen molar-refractivity contribution in [1.29, 1.82) is 0 Å². The molecule has 1 heterocycles. The molecule has 0 aliphatic carbocycles. The Kier molecular flexibility index (Phi) is 2.79. The molecule has 0 fully saturated rings. The molecule has 19 heavy (non-hydrogen) atoms. The van der Waals surface area contributed by atoms with E-state index < -0.39 is 11.6 Å². The number of hydrogen-bond donors (Lipinski definition) is 1. The van der Waals surface area contributed by atoms with Gasteiger partial charge in [-0.05, 0) is 30.3 Å². The average Bonchev–Trinajstić information content (AvgIpc) is 2.74. The summed E-state index contributed by atoms with van der Waals surface area (Å²) in [5.74, 6) is -1.48. The number of anilines is 1. The molecule has 0 bridgehead atoms. The largest absolute Gasteiger partial charge is 0.428 e. The predicted octanol–water partition coefficient (Wildman–Crippen LogP) is 3.95. The number of thiazole rings is 1. The Morgan fingerprint density at radius 3 is 2.74 bits per heavy atom. The summed E-state index contributed by atoms with van der Waals surface area (Å²) in [4.78, 5) is 4.19. The fourth-order valence-electron chi connectivity index (χ4n) is 1.62. The summed E-state index contributed by atoms with van der Waals surface area (Å²) in [6.45, 7) is 0. The number of nitrogens with zero attached hydrogens (tertiary/aromatic N) is 1. The maximum absolute atomic E-state index is 13.4. The molecule has 3 nitrogen and oxygen atoms in total. The molecule has 3 rings (SSSR count). The minimum Gasteiger partial charge on any atom is -0.428 e. The number of aromatic nitrogens is 1. The fraction of sp³-hybridized carbons (Fsp3) is 0. The van der Waals surface area contributed by atoms with Gasteiger partial charge < -0.3 is 10.5 Å². The molecule has 96 valence electrons. The monoisotopic (exact) mass is 278 g/mol. The van der Waals surface area contributed by atoms with Crippen molar-refractivity contribution in [2.75, 3.05) is 5.73 Å². The highest BCUT2D eigenvalue weighted by Crippen LogP contribution is 2.33.